The van der Waals surface area contributed by atoms with Crippen molar-refractivity contribution in [2.24, 2.45) is 0 Å². The zero-order valence-corrected chi connectivity index (χ0v) is 19.8. The van der Waals surface area contributed by atoms with E-state index in [2.05, 4.69) is 17.2 Å². The first-order valence-corrected chi connectivity index (χ1v) is 9.86. The SMILES string of the molecule is CCCCCCc1cn(CC(O)(P(=O)([O-])O)P(=O)([O-])O)nn1.[Na+].[Na+]. The summed E-state index contributed by atoms with van der Waals surface area (Å²) in [6.07, 6.45) is 5.73. The number of hydrogen-bond donors (Lipinski definition) is 3. The van der Waals surface area contributed by atoms with E-state index in [0.717, 1.165) is 30.4 Å². The van der Waals surface area contributed by atoms with Crippen molar-refractivity contribution in [1.82, 2.24) is 15.0 Å². The van der Waals surface area contributed by atoms with Crippen molar-refractivity contribution in [1.29, 1.82) is 0 Å². The summed E-state index contributed by atoms with van der Waals surface area (Å²) in [5.41, 5.74) is 0.482. The number of nitrogens with zero attached hydrogens (tertiary/aromatic N) is 3. The van der Waals surface area contributed by atoms with Crippen molar-refractivity contribution in [3.8, 4) is 0 Å². The molecule has 14 heteroatoms. The molecule has 0 saturated carbocycles. The molecular weight excluding hydrogens is 382 g/mol. The summed E-state index contributed by atoms with van der Waals surface area (Å²) in [5.74, 6) is 0. The van der Waals surface area contributed by atoms with Gasteiger partial charge in [-0.1, -0.05) is 31.4 Å². The average Bonchev–Trinajstić information content (AvgIpc) is 2.79. The smallest absolute Gasteiger partial charge is 0.776 e. The predicted octanol–water partition coefficient (Wildman–Crippen LogP) is -6.85. The van der Waals surface area contributed by atoms with Crippen LogP contribution in [-0.4, -0.2) is 35.0 Å². The molecule has 0 spiro atoms. The summed E-state index contributed by atoms with van der Waals surface area (Å²) in [6.45, 7) is 0.882. The molecule has 0 aromatic carbocycles. The van der Waals surface area contributed by atoms with Gasteiger partial charge in [0.25, 0.3) is 0 Å². The fourth-order valence-corrected chi connectivity index (χ4v) is 3.74. The van der Waals surface area contributed by atoms with Crippen LogP contribution in [0.3, 0.4) is 0 Å². The minimum absolute atomic E-state index is 0. The van der Waals surface area contributed by atoms with Gasteiger partial charge in [0.1, 0.15) is 0 Å². The van der Waals surface area contributed by atoms with Crippen LogP contribution in [0.15, 0.2) is 6.20 Å². The molecule has 1 rings (SSSR count). The summed E-state index contributed by atoms with van der Waals surface area (Å²) in [4.78, 5) is 40.0. The van der Waals surface area contributed by atoms with Crippen molar-refractivity contribution in [2.75, 3.05) is 0 Å². The third-order valence-corrected chi connectivity index (χ3v) is 6.76. The minimum Gasteiger partial charge on any atom is -0.776 e. The molecule has 3 N–H and O–H groups in total. The van der Waals surface area contributed by atoms with Crippen LogP contribution >= 0.6 is 15.2 Å². The zero-order chi connectivity index (χ0) is 17.0. The number of aliphatic hydroxyl groups is 1. The Kier molecular flexibility index (Phi) is 13.0. The van der Waals surface area contributed by atoms with E-state index in [-0.39, 0.29) is 59.1 Å². The minimum atomic E-state index is -5.80. The Morgan fingerprint density at radius 3 is 2.17 bits per heavy atom. The molecule has 0 amide bonds. The molecular formula is C10H19N3Na2O7P2. The van der Waals surface area contributed by atoms with Crippen LogP contribution < -0.4 is 68.9 Å². The molecule has 128 valence electrons. The van der Waals surface area contributed by atoms with Crippen molar-refractivity contribution in [3.63, 3.8) is 0 Å². The van der Waals surface area contributed by atoms with Crippen LogP contribution in [0.5, 0.6) is 0 Å². The van der Waals surface area contributed by atoms with Crippen LogP contribution in [0.2, 0.25) is 0 Å². The summed E-state index contributed by atoms with van der Waals surface area (Å²) >= 11 is 0. The van der Waals surface area contributed by atoms with Gasteiger partial charge in [-0.25, -0.2) is 4.68 Å². The van der Waals surface area contributed by atoms with Crippen molar-refractivity contribution < 1.29 is 92.9 Å². The maximum atomic E-state index is 11.1. The summed E-state index contributed by atoms with van der Waals surface area (Å²) < 4.78 is 22.9. The molecule has 0 radical (unpaired) electrons. The first-order valence-electron chi connectivity index (χ1n) is 6.70. The van der Waals surface area contributed by atoms with Gasteiger partial charge in [-0.2, -0.15) is 0 Å². The maximum absolute atomic E-state index is 11.1. The van der Waals surface area contributed by atoms with Gasteiger partial charge < -0.3 is 33.8 Å². The molecule has 1 aromatic rings. The van der Waals surface area contributed by atoms with Crippen LogP contribution in [0.25, 0.3) is 0 Å². The van der Waals surface area contributed by atoms with Gasteiger partial charge in [-0.15, -0.1) is 5.10 Å². The number of unbranched alkanes of at least 4 members (excludes halogenated alkanes) is 3. The number of rotatable bonds is 9. The molecule has 1 heterocycles. The Morgan fingerprint density at radius 2 is 1.71 bits per heavy atom. The average molecular weight is 401 g/mol. The molecule has 0 aliphatic rings. The van der Waals surface area contributed by atoms with Gasteiger partial charge in [0.15, 0.2) is 15.2 Å². The van der Waals surface area contributed by atoms with E-state index in [9.17, 15) is 24.0 Å². The summed E-state index contributed by atoms with van der Waals surface area (Å²) in [6, 6.07) is 0. The molecule has 0 aliphatic heterocycles. The quantitative estimate of drug-likeness (QED) is 0.207. The zero-order valence-electron chi connectivity index (χ0n) is 14.0. The van der Waals surface area contributed by atoms with Crippen molar-refractivity contribution in [3.05, 3.63) is 11.9 Å². The van der Waals surface area contributed by atoms with E-state index in [1.165, 1.54) is 6.20 Å². The van der Waals surface area contributed by atoms with Crippen LogP contribution in [0.1, 0.15) is 38.3 Å². The molecule has 2 atom stereocenters. The van der Waals surface area contributed by atoms with Gasteiger partial charge in [0.05, 0.1) is 12.2 Å². The van der Waals surface area contributed by atoms with E-state index >= 15 is 0 Å². The van der Waals surface area contributed by atoms with Crippen molar-refractivity contribution in [2.45, 2.75) is 50.7 Å². The Hall–Kier alpha value is 1.40. The monoisotopic (exact) mass is 401 g/mol. The fourth-order valence-electron chi connectivity index (χ4n) is 1.82. The van der Waals surface area contributed by atoms with E-state index in [1.54, 1.807) is 0 Å². The predicted molar refractivity (Wildman–Crippen MR) is 72.5 cm³/mol. The topological polar surface area (TPSA) is 172 Å². The number of aryl methyl sites for hydroxylation is 1. The van der Waals surface area contributed by atoms with Gasteiger partial charge in [0, 0.05) is 6.20 Å². The second kappa shape index (κ2) is 11.3. The van der Waals surface area contributed by atoms with Gasteiger partial charge in [-0.3, -0.25) is 0 Å². The third kappa shape index (κ3) is 7.56. The Balaban J connectivity index is 0. The van der Waals surface area contributed by atoms with E-state index in [1.807, 2.05) is 0 Å². The number of aromatic nitrogens is 3. The normalized spacial score (nSPS) is 18.4. The first-order chi connectivity index (χ1) is 10.0. The number of hydrogen-bond acceptors (Lipinski definition) is 7. The maximum Gasteiger partial charge on any atom is 1.00 e. The molecule has 0 fully saturated rings. The standard InChI is InChI=1S/C10H21N3O7P2.2Na/c1-2-3-4-5-6-9-7-13(12-11-9)8-10(14,21(15,16)17)22(18,19)20;;/h7,14H,2-6,8H2,1H3,(H2,15,16,17)(H2,18,19,20);;/q;2*+1/p-2. The van der Waals surface area contributed by atoms with Crippen LogP contribution in [-0.2, 0) is 22.1 Å². The molecule has 10 nitrogen and oxygen atoms in total. The Labute approximate surface area is 184 Å². The summed E-state index contributed by atoms with van der Waals surface area (Å²) in [5, 5.41) is 13.1. The van der Waals surface area contributed by atoms with Gasteiger partial charge in [-0.05, 0) is 12.8 Å². The van der Waals surface area contributed by atoms with Crippen molar-refractivity contribution >= 4 is 15.2 Å². The van der Waals surface area contributed by atoms with Gasteiger partial charge in [0.2, 0.25) is 5.08 Å². The van der Waals surface area contributed by atoms with E-state index in [0.29, 0.717) is 12.1 Å². The van der Waals surface area contributed by atoms with E-state index in [4.69, 9.17) is 9.79 Å². The molecule has 24 heavy (non-hydrogen) atoms. The fraction of sp³-hybridized carbons (Fsp3) is 0.800. The largest absolute Gasteiger partial charge is 1.00 e. The van der Waals surface area contributed by atoms with E-state index < -0.39 is 26.8 Å². The third-order valence-electron chi connectivity index (χ3n) is 3.15. The van der Waals surface area contributed by atoms with Crippen LogP contribution in [0, 0.1) is 0 Å². The second-order valence-corrected chi connectivity index (χ2v) is 8.95. The Bertz CT molecular complexity index is 567. The molecule has 0 bridgehead atoms. The molecule has 0 saturated heterocycles. The first kappa shape index (κ1) is 27.6. The molecule has 2 unspecified atom stereocenters. The second-order valence-electron chi connectivity index (χ2n) is 5.03. The molecule has 1 aromatic heterocycles. The van der Waals surface area contributed by atoms with Gasteiger partial charge >= 0.3 is 59.1 Å². The Morgan fingerprint density at radius 1 is 1.17 bits per heavy atom. The van der Waals surface area contributed by atoms with Crippen LogP contribution in [0.4, 0.5) is 0 Å². The summed E-state index contributed by atoms with van der Waals surface area (Å²) in [7, 11) is -11.6. The molecule has 0 aliphatic carbocycles.